The van der Waals surface area contributed by atoms with Gasteiger partial charge in [0.2, 0.25) is 0 Å². The normalized spacial score (nSPS) is 10.1. The van der Waals surface area contributed by atoms with Gasteiger partial charge in [-0.15, -0.1) is 12.4 Å². The highest BCUT2D eigenvalue weighted by atomic mass is 35.5. The lowest BCUT2D eigenvalue weighted by molar-refractivity contribution is 0.284. The topological polar surface area (TPSA) is 30.5 Å². The van der Waals surface area contributed by atoms with E-state index in [0.717, 1.165) is 36.6 Å². The Morgan fingerprint density at radius 1 is 0.741 bits per heavy atom. The Kier molecular flexibility index (Phi) is 8.69. The third-order valence-corrected chi connectivity index (χ3v) is 4.23. The first-order valence-electron chi connectivity index (χ1n) is 8.93. The molecule has 0 aliphatic carbocycles. The first-order valence-corrected chi connectivity index (χ1v) is 8.93. The highest BCUT2D eigenvalue weighted by molar-refractivity contribution is 5.85. The summed E-state index contributed by atoms with van der Waals surface area (Å²) < 4.78 is 11.4. The van der Waals surface area contributed by atoms with Crippen LogP contribution in [0, 0.1) is 0 Å². The SMILES string of the molecule is COc1cc(CNCCc2ccccc2)ccc1OCc1ccccc1.Cl. The van der Waals surface area contributed by atoms with E-state index in [1.165, 1.54) is 11.1 Å². The summed E-state index contributed by atoms with van der Waals surface area (Å²) in [6.45, 7) is 2.28. The van der Waals surface area contributed by atoms with E-state index in [9.17, 15) is 0 Å². The molecule has 1 N–H and O–H groups in total. The van der Waals surface area contributed by atoms with Crippen LogP contribution >= 0.6 is 12.4 Å². The minimum absolute atomic E-state index is 0. The lowest BCUT2D eigenvalue weighted by Gasteiger charge is -2.13. The first kappa shape index (κ1) is 20.8. The van der Waals surface area contributed by atoms with E-state index in [1.54, 1.807) is 7.11 Å². The molecule has 0 amide bonds. The lowest BCUT2D eigenvalue weighted by Crippen LogP contribution is -2.16. The van der Waals surface area contributed by atoms with Gasteiger partial charge in [-0.25, -0.2) is 0 Å². The minimum atomic E-state index is 0. The van der Waals surface area contributed by atoms with Gasteiger partial charge in [-0.05, 0) is 41.8 Å². The van der Waals surface area contributed by atoms with Crippen molar-refractivity contribution in [2.24, 2.45) is 0 Å². The Morgan fingerprint density at radius 3 is 2.07 bits per heavy atom. The van der Waals surface area contributed by atoms with Crippen molar-refractivity contribution in [1.82, 2.24) is 5.32 Å². The van der Waals surface area contributed by atoms with Gasteiger partial charge in [0.1, 0.15) is 6.61 Å². The second kappa shape index (κ2) is 11.3. The number of methoxy groups -OCH3 is 1. The van der Waals surface area contributed by atoms with Crippen LogP contribution in [0.4, 0.5) is 0 Å². The number of benzene rings is 3. The van der Waals surface area contributed by atoms with E-state index in [0.29, 0.717) is 6.61 Å². The summed E-state index contributed by atoms with van der Waals surface area (Å²) in [7, 11) is 1.68. The van der Waals surface area contributed by atoms with Crippen LogP contribution in [0.5, 0.6) is 11.5 Å². The van der Waals surface area contributed by atoms with Crippen LogP contribution in [0.25, 0.3) is 0 Å². The Balaban J connectivity index is 0.00000261. The van der Waals surface area contributed by atoms with Crippen molar-refractivity contribution in [3.05, 3.63) is 95.6 Å². The largest absolute Gasteiger partial charge is 0.493 e. The van der Waals surface area contributed by atoms with Gasteiger partial charge in [0.15, 0.2) is 11.5 Å². The minimum Gasteiger partial charge on any atom is -0.493 e. The van der Waals surface area contributed by atoms with Crippen molar-refractivity contribution in [1.29, 1.82) is 0 Å². The fraction of sp³-hybridized carbons (Fsp3) is 0.217. The van der Waals surface area contributed by atoms with Gasteiger partial charge in [-0.3, -0.25) is 0 Å². The third kappa shape index (κ3) is 6.63. The fourth-order valence-electron chi connectivity index (χ4n) is 2.79. The summed E-state index contributed by atoms with van der Waals surface area (Å²) in [6.07, 6.45) is 1.02. The lowest BCUT2D eigenvalue weighted by atomic mass is 10.1. The molecule has 0 aliphatic heterocycles. The average molecular weight is 384 g/mol. The number of hydrogen-bond acceptors (Lipinski definition) is 3. The van der Waals surface area contributed by atoms with Gasteiger partial charge in [0, 0.05) is 6.54 Å². The third-order valence-electron chi connectivity index (χ3n) is 4.23. The molecule has 0 saturated carbocycles. The highest BCUT2D eigenvalue weighted by Gasteiger charge is 2.06. The zero-order valence-corrected chi connectivity index (χ0v) is 16.4. The summed E-state index contributed by atoms with van der Waals surface area (Å²) in [4.78, 5) is 0. The molecule has 0 fully saturated rings. The van der Waals surface area contributed by atoms with Crippen molar-refractivity contribution in [3.63, 3.8) is 0 Å². The standard InChI is InChI=1S/C23H25NO2.ClH/c1-25-23-16-21(17-24-15-14-19-8-4-2-5-9-19)12-13-22(23)26-18-20-10-6-3-7-11-20;/h2-13,16,24H,14-15,17-18H2,1H3;1H. The van der Waals surface area contributed by atoms with Gasteiger partial charge in [-0.2, -0.15) is 0 Å². The Morgan fingerprint density at radius 2 is 1.41 bits per heavy atom. The first-order chi connectivity index (χ1) is 12.8. The Labute approximate surface area is 167 Å². The highest BCUT2D eigenvalue weighted by Crippen LogP contribution is 2.28. The zero-order chi connectivity index (χ0) is 18.0. The molecule has 142 valence electrons. The molecule has 3 aromatic rings. The predicted octanol–water partition coefficient (Wildman–Crippen LogP) is 5.03. The summed E-state index contributed by atoms with van der Waals surface area (Å²) in [5, 5.41) is 3.48. The zero-order valence-electron chi connectivity index (χ0n) is 15.6. The molecule has 3 rings (SSSR count). The van der Waals surface area contributed by atoms with Crippen LogP contribution in [0.2, 0.25) is 0 Å². The molecule has 3 aromatic carbocycles. The molecule has 0 aliphatic rings. The van der Waals surface area contributed by atoms with Gasteiger partial charge in [-0.1, -0.05) is 66.7 Å². The van der Waals surface area contributed by atoms with E-state index < -0.39 is 0 Å². The van der Waals surface area contributed by atoms with E-state index in [4.69, 9.17) is 9.47 Å². The molecule has 0 radical (unpaired) electrons. The molecular formula is C23H26ClNO2. The maximum absolute atomic E-state index is 5.91. The van der Waals surface area contributed by atoms with Gasteiger partial charge >= 0.3 is 0 Å². The molecule has 0 unspecified atom stereocenters. The van der Waals surface area contributed by atoms with Crippen LogP contribution in [0.1, 0.15) is 16.7 Å². The second-order valence-electron chi connectivity index (χ2n) is 6.17. The van der Waals surface area contributed by atoms with Crippen molar-refractivity contribution in [3.8, 4) is 11.5 Å². The molecule has 0 saturated heterocycles. The molecule has 4 heteroatoms. The smallest absolute Gasteiger partial charge is 0.161 e. The van der Waals surface area contributed by atoms with Crippen molar-refractivity contribution < 1.29 is 9.47 Å². The number of nitrogens with one attached hydrogen (secondary N) is 1. The quantitative estimate of drug-likeness (QED) is 0.526. The number of halogens is 1. The second-order valence-corrected chi connectivity index (χ2v) is 6.17. The molecule has 0 spiro atoms. The monoisotopic (exact) mass is 383 g/mol. The van der Waals surface area contributed by atoms with Crippen LogP contribution in [0.3, 0.4) is 0 Å². The predicted molar refractivity (Wildman–Crippen MR) is 113 cm³/mol. The number of ether oxygens (including phenoxy) is 2. The summed E-state index contributed by atoms with van der Waals surface area (Å²) >= 11 is 0. The molecule has 0 aromatic heterocycles. The van der Waals surface area contributed by atoms with Crippen LogP contribution < -0.4 is 14.8 Å². The molecular weight excluding hydrogens is 358 g/mol. The van der Waals surface area contributed by atoms with E-state index in [2.05, 4.69) is 47.8 Å². The Bertz CT molecular complexity index is 794. The van der Waals surface area contributed by atoms with Crippen LogP contribution in [0.15, 0.2) is 78.9 Å². The number of rotatable bonds is 9. The number of hydrogen-bond donors (Lipinski definition) is 1. The van der Waals surface area contributed by atoms with Crippen molar-refractivity contribution in [2.45, 2.75) is 19.6 Å². The summed E-state index contributed by atoms with van der Waals surface area (Å²) in [5.41, 5.74) is 3.67. The molecule has 0 heterocycles. The Hall–Kier alpha value is -2.49. The van der Waals surface area contributed by atoms with Gasteiger partial charge < -0.3 is 14.8 Å². The van der Waals surface area contributed by atoms with E-state index in [1.807, 2.05) is 36.4 Å². The maximum Gasteiger partial charge on any atom is 0.161 e. The average Bonchev–Trinajstić information content (AvgIpc) is 2.71. The molecule has 3 nitrogen and oxygen atoms in total. The summed E-state index contributed by atoms with van der Waals surface area (Å²) in [6, 6.07) is 26.8. The fourth-order valence-corrected chi connectivity index (χ4v) is 2.79. The molecule has 0 atom stereocenters. The van der Waals surface area contributed by atoms with Crippen molar-refractivity contribution >= 4 is 12.4 Å². The van der Waals surface area contributed by atoms with Gasteiger partial charge in [0.25, 0.3) is 0 Å². The van der Waals surface area contributed by atoms with Gasteiger partial charge in [0.05, 0.1) is 7.11 Å². The van der Waals surface area contributed by atoms with E-state index >= 15 is 0 Å². The summed E-state index contributed by atoms with van der Waals surface area (Å²) in [5.74, 6) is 1.53. The molecule has 0 bridgehead atoms. The van der Waals surface area contributed by atoms with Crippen molar-refractivity contribution in [2.75, 3.05) is 13.7 Å². The maximum atomic E-state index is 5.91. The van der Waals surface area contributed by atoms with Crippen LogP contribution in [-0.4, -0.2) is 13.7 Å². The van der Waals surface area contributed by atoms with Crippen LogP contribution in [-0.2, 0) is 19.6 Å². The molecule has 27 heavy (non-hydrogen) atoms. The van der Waals surface area contributed by atoms with E-state index in [-0.39, 0.29) is 12.4 Å².